The van der Waals surface area contributed by atoms with Crippen molar-refractivity contribution in [2.75, 3.05) is 6.61 Å². The van der Waals surface area contributed by atoms with Crippen molar-refractivity contribution in [3.05, 3.63) is 34.7 Å². The van der Waals surface area contributed by atoms with Crippen LogP contribution in [0.4, 0.5) is 0 Å². The van der Waals surface area contributed by atoms with Crippen LogP contribution in [0.3, 0.4) is 0 Å². The molecule has 1 aliphatic carbocycles. The number of nitrogens with zero attached hydrogens (tertiary/aromatic N) is 2. The van der Waals surface area contributed by atoms with E-state index in [9.17, 15) is 4.79 Å². The van der Waals surface area contributed by atoms with Crippen molar-refractivity contribution in [2.24, 2.45) is 4.99 Å². The predicted molar refractivity (Wildman–Crippen MR) is 105 cm³/mol. The average Bonchev–Trinajstić information content (AvgIpc) is 2.99. The van der Waals surface area contributed by atoms with E-state index in [0.29, 0.717) is 30.4 Å². The Hall–Kier alpha value is -2.26. The highest BCUT2D eigenvalue weighted by atomic mass is 32.2. The zero-order chi connectivity index (χ0) is 18.2. The molecule has 2 fully saturated rings. The van der Waals surface area contributed by atoms with Crippen LogP contribution in [0.15, 0.2) is 34.2 Å². The van der Waals surface area contributed by atoms with Gasteiger partial charge in [0, 0.05) is 6.42 Å². The smallest absolute Gasteiger partial charge is 0.264 e. The largest absolute Gasteiger partial charge is 0.494 e. The van der Waals surface area contributed by atoms with Gasteiger partial charge < -0.3 is 10.1 Å². The van der Waals surface area contributed by atoms with Crippen LogP contribution in [0.1, 0.15) is 50.5 Å². The van der Waals surface area contributed by atoms with E-state index in [4.69, 9.17) is 15.0 Å². The first-order valence-corrected chi connectivity index (χ1v) is 9.95. The number of benzene rings is 1. The van der Waals surface area contributed by atoms with Gasteiger partial charge in [-0.15, -0.1) is 0 Å². The van der Waals surface area contributed by atoms with Crippen LogP contribution in [-0.2, 0) is 4.79 Å². The standard InChI is InChI=1S/C20H23N3O2S/c21-11-4-5-12-25-17-10-6-7-15(13-17)14-18-19(24)23-20(26-18)22-16-8-2-1-3-9-16/h6-7,10,13-14,16H,1-5,8-9,12H2,(H,22,23,24)/b18-14+. The highest BCUT2D eigenvalue weighted by molar-refractivity contribution is 8.18. The van der Waals surface area contributed by atoms with Crippen molar-refractivity contribution in [1.29, 1.82) is 5.26 Å². The first kappa shape index (κ1) is 18.5. The molecule has 1 aromatic rings. The van der Waals surface area contributed by atoms with E-state index in [1.54, 1.807) is 0 Å². The molecule has 1 amide bonds. The van der Waals surface area contributed by atoms with Crippen molar-refractivity contribution in [1.82, 2.24) is 5.32 Å². The molecule has 6 heteroatoms. The molecule has 0 bridgehead atoms. The molecule has 2 aliphatic rings. The zero-order valence-electron chi connectivity index (χ0n) is 14.7. The number of ether oxygens (including phenoxy) is 1. The maximum Gasteiger partial charge on any atom is 0.264 e. The summed E-state index contributed by atoms with van der Waals surface area (Å²) >= 11 is 1.41. The number of rotatable bonds is 6. The maximum atomic E-state index is 12.2. The normalized spacial score (nSPS) is 21.0. The van der Waals surface area contributed by atoms with Gasteiger partial charge in [-0.3, -0.25) is 9.79 Å². The fourth-order valence-electron chi connectivity index (χ4n) is 3.05. The summed E-state index contributed by atoms with van der Waals surface area (Å²) in [5.74, 6) is 0.654. The van der Waals surface area contributed by atoms with Crippen LogP contribution in [0.25, 0.3) is 6.08 Å². The Kier molecular flexibility index (Phi) is 6.73. The number of carbonyl (C=O) groups excluding carboxylic acids is 1. The summed E-state index contributed by atoms with van der Waals surface area (Å²) in [4.78, 5) is 17.6. The minimum absolute atomic E-state index is 0.0927. The Morgan fingerprint density at radius 1 is 1.35 bits per heavy atom. The highest BCUT2D eigenvalue weighted by Gasteiger charge is 2.25. The van der Waals surface area contributed by atoms with Crippen molar-refractivity contribution in [2.45, 2.75) is 51.0 Å². The molecule has 136 valence electrons. The van der Waals surface area contributed by atoms with Gasteiger partial charge >= 0.3 is 0 Å². The number of hydrogen-bond donors (Lipinski definition) is 1. The van der Waals surface area contributed by atoms with Crippen LogP contribution in [0.5, 0.6) is 5.75 Å². The molecule has 1 N–H and O–H groups in total. The molecule has 0 atom stereocenters. The van der Waals surface area contributed by atoms with Crippen LogP contribution < -0.4 is 10.1 Å². The van der Waals surface area contributed by atoms with Gasteiger partial charge in [-0.1, -0.05) is 31.4 Å². The van der Waals surface area contributed by atoms with E-state index in [2.05, 4.69) is 11.4 Å². The van der Waals surface area contributed by atoms with Gasteiger partial charge in [0.2, 0.25) is 0 Å². The summed E-state index contributed by atoms with van der Waals surface area (Å²) in [5.41, 5.74) is 0.916. The molecule has 1 aliphatic heterocycles. The lowest BCUT2D eigenvalue weighted by Gasteiger charge is -2.17. The van der Waals surface area contributed by atoms with Gasteiger partial charge in [-0.2, -0.15) is 5.26 Å². The number of hydrogen-bond acceptors (Lipinski definition) is 5. The summed E-state index contributed by atoms with van der Waals surface area (Å²) < 4.78 is 5.65. The second-order valence-electron chi connectivity index (χ2n) is 6.47. The first-order valence-electron chi connectivity index (χ1n) is 9.13. The third-order valence-electron chi connectivity index (χ3n) is 4.38. The Balaban J connectivity index is 1.63. The van der Waals surface area contributed by atoms with Crippen LogP contribution in [-0.4, -0.2) is 23.7 Å². The number of nitrogens with one attached hydrogen (secondary N) is 1. The summed E-state index contributed by atoms with van der Waals surface area (Å²) in [6.45, 7) is 0.515. The number of carbonyl (C=O) groups is 1. The molecule has 3 rings (SSSR count). The molecule has 0 spiro atoms. The van der Waals surface area contributed by atoms with E-state index in [1.165, 1.54) is 31.0 Å². The molecule has 0 unspecified atom stereocenters. The van der Waals surface area contributed by atoms with Gasteiger partial charge in [0.25, 0.3) is 5.91 Å². The Labute approximate surface area is 158 Å². The number of unbranched alkanes of at least 4 members (excludes halogenated alkanes) is 1. The van der Waals surface area contributed by atoms with Crippen molar-refractivity contribution < 1.29 is 9.53 Å². The van der Waals surface area contributed by atoms with E-state index < -0.39 is 0 Å². The van der Waals surface area contributed by atoms with Crippen LogP contribution in [0.2, 0.25) is 0 Å². The van der Waals surface area contributed by atoms with Gasteiger partial charge in [0.1, 0.15) is 5.75 Å². The number of thioether (sulfide) groups is 1. The molecule has 1 aromatic carbocycles. The Morgan fingerprint density at radius 3 is 3.00 bits per heavy atom. The van der Waals surface area contributed by atoms with Gasteiger partial charge in [-0.25, -0.2) is 0 Å². The van der Waals surface area contributed by atoms with Crippen LogP contribution >= 0.6 is 11.8 Å². The maximum absolute atomic E-state index is 12.2. The first-order chi connectivity index (χ1) is 12.7. The van der Waals surface area contributed by atoms with Gasteiger partial charge in [0.05, 0.1) is 23.6 Å². The molecule has 1 heterocycles. The Morgan fingerprint density at radius 2 is 2.19 bits per heavy atom. The SMILES string of the molecule is N#CCCCOc1cccc(/C=C2/SC(=NC3CCCCC3)NC2=O)c1. The Bertz CT molecular complexity index is 746. The van der Waals surface area contributed by atoms with E-state index in [-0.39, 0.29) is 5.91 Å². The quantitative estimate of drug-likeness (QED) is 0.600. The summed E-state index contributed by atoms with van der Waals surface area (Å²) in [7, 11) is 0. The van der Waals surface area contributed by atoms with Crippen molar-refractivity contribution in [3.63, 3.8) is 0 Å². The molecule has 1 saturated heterocycles. The third kappa shape index (κ3) is 5.37. The summed E-state index contributed by atoms with van der Waals surface area (Å²) in [5, 5.41) is 12.2. The molecule has 0 radical (unpaired) electrons. The monoisotopic (exact) mass is 369 g/mol. The molecule has 0 aromatic heterocycles. The minimum Gasteiger partial charge on any atom is -0.494 e. The highest BCUT2D eigenvalue weighted by Crippen LogP contribution is 2.29. The fourth-order valence-corrected chi connectivity index (χ4v) is 3.94. The number of aliphatic imine (C=N–C) groups is 1. The second kappa shape index (κ2) is 9.44. The predicted octanol–water partition coefficient (Wildman–Crippen LogP) is 4.26. The molecular weight excluding hydrogens is 346 g/mol. The van der Waals surface area contributed by atoms with E-state index >= 15 is 0 Å². The number of nitriles is 1. The average molecular weight is 369 g/mol. The summed E-state index contributed by atoms with van der Waals surface area (Å²) in [6.07, 6.45) is 9.04. The lowest BCUT2D eigenvalue weighted by atomic mass is 9.96. The van der Waals surface area contributed by atoms with Gasteiger partial charge in [-0.05, 0) is 54.8 Å². The number of amidine groups is 1. The van der Waals surface area contributed by atoms with E-state index in [0.717, 1.165) is 29.3 Å². The number of amides is 1. The van der Waals surface area contributed by atoms with Crippen molar-refractivity contribution in [3.8, 4) is 11.8 Å². The molecule has 5 nitrogen and oxygen atoms in total. The lowest BCUT2D eigenvalue weighted by molar-refractivity contribution is -0.115. The van der Waals surface area contributed by atoms with Crippen molar-refractivity contribution >= 4 is 28.9 Å². The van der Waals surface area contributed by atoms with Gasteiger partial charge in [0.15, 0.2) is 5.17 Å². The molecule has 1 saturated carbocycles. The zero-order valence-corrected chi connectivity index (χ0v) is 15.6. The molecular formula is C20H23N3O2S. The topological polar surface area (TPSA) is 74.5 Å². The minimum atomic E-state index is -0.0927. The fraction of sp³-hybridized carbons (Fsp3) is 0.450. The molecule has 26 heavy (non-hydrogen) atoms. The van der Waals surface area contributed by atoms with E-state index in [1.807, 2.05) is 30.3 Å². The third-order valence-corrected chi connectivity index (χ3v) is 5.31. The lowest BCUT2D eigenvalue weighted by Crippen LogP contribution is -2.22. The summed E-state index contributed by atoms with van der Waals surface area (Å²) in [6, 6.07) is 10.1. The second-order valence-corrected chi connectivity index (χ2v) is 7.50. The van der Waals surface area contributed by atoms with Crippen LogP contribution in [0, 0.1) is 11.3 Å².